The number of carbonyl (C=O) groups is 2. The van der Waals surface area contributed by atoms with Crippen molar-refractivity contribution in [1.29, 1.82) is 0 Å². The molecule has 2 heterocycles. The Kier molecular flexibility index (Phi) is 4.46. The first-order chi connectivity index (χ1) is 11.6. The number of carbonyl (C=O) groups excluding carboxylic acids is 2. The Morgan fingerprint density at radius 3 is 2.71 bits per heavy atom. The van der Waals surface area contributed by atoms with E-state index in [9.17, 15) is 9.59 Å². The number of nitrogens with zero attached hydrogens (tertiary/aromatic N) is 3. The van der Waals surface area contributed by atoms with Crippen LogP contribution >= 0.6 is 0 Å². The van der Waals surface area contributed by atoms with Gasteiger partial charge in [-0.2, -0.15) is 0 Å². The van der Waals surface area contributed by atoms with Crippen LogP contribution in [0.25, 0.3) is 0 Å². The van der Waals surface area contributed by atoms with Crippen LogP contribution in [0.2, 0.25) is 0 Å². The quantitative estimate of drug-likeness (QED) is 0.861. The lowest BCUT2D eigenvalue weighted by Gasteiger charge is -2.33. The summed E-state index contributed by atoms with van der Waals surface area (Å²) < 4.78 is 5.59. The maximum absolute atomic E-state index is 12.6. The van der Waals surface area contributed by atoms with E-state index >= 15 is 0 Å². The Hall–Kier alpha value is -2.89. The van der Waals surface area contributed by atoms with Gasteiger partial charge in [-0.25, -0.2) is 0 Å². The second kappa shape index (κ2) is 6.70. The summed E-state index contributed by atoms with van der Waals surface area (Å²) in [5.74, 6) is 0.276. The van der Waals surface area contributed by atoms with Gasteiger partial charge in [-0.1, -0.05) is 12.1 Å². The maximum atomic E-state index is 12.6. The molecule has 1 aliphatic heterocycles. The van der Waals surface area contributed by atoms with E-state index in [1.54, 1.807) is 43.4 Å². The number of hydrogen-bond acceptors (Lipinski definition) is 4. The highest BCUT2D eigenvalue weighted by atomic mass is 16.5. The standard InChI is InChI=1S/C18H19N3O3/c1-13-18(23)21(15-5-3-4-6-16(15)24-13)12-17(22)20(2)11-14-7-9-19-10-8-14/h3-10,13H,11-12H2,1-2H3/t13-/m1/s1. The van der Waals surface area contributed by atoms with E-state index in [4.69, 9.17) is 4.74 Å². The fourth-order valence-corrected chi connectivity index (χ4v) is 2.63. The van der Waals surface area contributed by atoms with Crippen LogP contribution in [0.3, 0.4) is 0 Å². The molecule has 1 aliphatic rings. The lowest BCUT2D eigenvalue weighted by Crippen LogP contribution is -2.48. The van der Waals surface area contributed by atoms with E-state index in [1.807, 2.05) is 24.3 Å². The second-order valence-electron chi connectivity index (χ2n) is 5.76. The molecule has 24 heavy (non-hydrogen) atoms. The molecule has 1 aromatic heterocycles. The van der Waals surface area contributed by atoms with Crippen molar-refractivity contribution in [1.82, 2.24) is 9.88 Å². The molecule has 0 aliphatic carbocycles. The lowest BCUT2D eigenvalue weighted by molar-refractivity contribution is -0.132. The number of hydrogen-bond donors (Lipinski definition) is 0. The first kappa shape index (κ1) is 16.0. The molecule has 0 fully saturated rings. The van der Waals surface area contributed by atoms with Gasteiger partial charge >= 0.3 is 0 Å². The van der Waals surface area contributed by atoms with Gasteiger partial charge in [0, 0.05) is 26.0 Å². The molecule has 0 unspecified atom stereocenters. The normalized spacial score (nSPS) is 16.3. The van der Waals surface area contributed by atoms with E-state index in [1.165, 1.54) is 4.90 Å². The number of ether oxygens (including phenoxy) is 1. The highest BCUT2D eigenvalue weighted by molar-refractivity contribution is 6.03. The summed E-state index contributed by atoms with van der Waals surface area (Å²) in [5, 5.41) is 0. The summed E-state index contributed by atoms with van der Waals surface area (Å²) in [7, 11) is 1.73. The zero-order valence-electron chi connectivity index (χ0n) is 13.7. The summed E-state index contributed by atoms with van der Waals surface area (Å²) >= 11 is 0. The van der Waals surface area contributed by atoms with E-state index < -0.39 is 6.10 Å². The minimum atomic E-state index is -0.599. The van der Waals surface area contributed by atoms with E-state index in [2.05, 4.69) is 4.98 Å². The predicted octanol–water partition coefficient (Wildman–Crippen LogP) is 1.85. The summed E-state index contributed by atoms with van der Waals surface area (Å²) in [6.45, 7) is 2.15. The fourth-order valence-electron chi connectivity index (χ4n) is 2.63. The van der Waals surface area contributed by atoms with Gasteiger partial charge in [0.25, 0.3) is 5.91 Å². The average molecular weight is 325 g/mol. The van der Waals surface area contributed by atoms with Gasteiger partial charge in [-0.05, 0) is 36.8 Å². The van der Waals surface area contributed by atoms with Crippen LogP contribution in [0.1, 0.15) is 12.5 Å². The molecule has 0 bridgehead atoms. The van der Waals surface area contributed by atoms with Gasteiger partial charge in [-0.15, -0.1) is 0 Å². The van der Waals surface area contributed by atoms with Crippen molar-refractivity contribution in [3.8, 4) is 5.75 Å². The lowest BCUT2D eigenvalue weighted by atomic mass is 10.2. The SMILES string of the molecule is C[C@H]1Oc2ccccc2N(CC(=O)N(C)Cc2ccncc2)C1=O. The Balaban J connectivity index is 1.74. The summed E-state index contributed by atoms with van der Waals surface area (Å²) in [4.78, 5) is 32.0. The highest BCUT2D eigenvalue weighted by Crippen LogP contribution is 2.33. The number of anilines is 1. The third-order valence-corrected chi connectivity index (χ3v) is 3.96. The monoisotopic (exact) mass is 325 g/mol. The van der Waals surface area contributed by atoms with Crippen molar-refractivity contribution in [3.05, 3.63) is 54.4 Å². The van der Waals surface area contributed by atoms with Crippen molar-refractivity contribution in [2.75, 3.05) is 18.5 Å². The van der Waals surface area contributed by atoms with E-state index in [0.29, 0.717) is 18.0 Å². The second-order valence-corrected chi connectivity index (χ2v) is 5.76. The third kappa shape index (κ3) is 3.22. The van der Waals surface area contributed by atoms with Gasteiger partial charge in [0.2, 0.25) is 5.91 Å². The van der Waals surface area contributed by atoms with Crippen LogP contribution < -0.4 is 9.64 Å². The fraction of sp³-hybridized carbons (Fsp3) is 0.278. The van der Waals surface area contributed by atoms with Gasteiger partial charge < -0.3 is 9.64 Å². The topological polar surface area (TPSA) is 62.7 Å². The Labute approximate surface area is 140 Å². The first-order valence-corrected chi connectivity index (χ1v) is 7.76. The summed E-state index contributed by atoms with van der Waals surface area (Å²) in [5.41, 5.74) is 1.62. The summed E-state index contributed by atoms with van der Waals surface area (Å²) in [6, 6.07) is 11.0. The molecule has 1 aromatic carbocycles. The predicted molar refractivity (Wildman–Crippen MR) is 89.6 cm³/mol. The number of likely N-dealkylation sites (N-methyl/N-ethyl adjacent to an activating group) is 1. The van der Waals surface area contributed by atoms with Crippen LogP contribution in [-0.2, 0) is 16.1 Å². The molecule has 0 saturated heterocycles. The molecule has 2 aromatic rings. The number of aromatic nitrogens is 1. The first-order valence-electron chi connectivity index (χ1n) is 7.76. The van der Waals surface area contributed by atoms with Crippen LogP contribution in [0.15, 0.2) is 48.8 Å². The molecular weight excluding hydrogens is 306 g/mol. The number of pyridine rings is 1. The number of fused-ring (bicyclic) bond motifs is 1. The van der Waals surface area contributed by atoms with E-state index in [-0.39, 0.29) is 18.4 Å². The van der Waals surface area contributed by atoms with Gasteiger partial charge in [0.05, 0.1) is 5.69 Å². The molecular formula is C18H19N3O3. The number of amides is 2. The van der Waals surface area contributed by atoms with Crippen molar-refractivity contribution in [3.63, 3.8) is 0 Å². The minimum absolute atomic E-state index is 0.00880. The Morgan fingerprint density at radius 2 is 1.96 bits per heavy atom. The van der Waals surface area contributed by atoms with Crippen LogP contribution in [0.5, 0.6) is 5.75 Å². The molecule has 1 atom stereocenters. The molecule has 0 spiro atoms. The highest BCUT2D eigenvalue weighted by Gasteiger charge is 2.32. The average Bonchev–Trinajstić information content (AvgIpc) is 2.59. The van der Waals surface area contributed by atoms with E-state index in [0.717, 1.165) is 5.56 Å². The number of benzene rings is 1. The largest absolute Gasteiger partial charge is 0.479 e. The molecule has 0 N–H and O–H groups in total. The Morgan fingerprint density at radius 1 is 1.25 bits per heavy atom. The molecule has 6 nitrogen and oxygen atoms in total. The van der Waals surface area contributed by atoms with Crippen molar-refractivity contribution in [2.24, 2.45) is 0 Å². The summed E-state index contributed by atoms with van der Waals surface area (Å²) in [6.07, 6.45) is 2.78. The van der Waals surface area contributed by atoms with Gasteiger partial charge in [-0.3, -0.25) is 19.5 Å². The van der Waals surface area contributed by atoms with Crippen molar-refractivity contribution in [2.45, 2.75) is 19.6 Å². The zero-order valence-corrected chi connectivity index (χ0v) is 13.7. The minimum Gasteiger partial charge on any atom is -0.479 e. The number of para-hydroxylation sites is 2. The smallest absolute Gasteiger partial charge is 0.268 e. The molecule has 3 rings (SSSR count). The molecule has 0 saturated carbocycles. The van der Waals surface area contributed by atoms with Crippen LogP contribution in [-0.4, -0.2) is 41.4 Å². The van der Waals surface area contributed by atoms with Crippen molar-refractivity contribution >= 4 is 17.5 Å². The molecule has 124 valence electrons. The van der Waals surface area contributed by atoms with Crippen LogP contribution in [0, 0.1) is 0 Å². The maximum Gasteiger partial charge on any atom is 0.268 e. The molecule has 2 amide bonds. The zero-order chi connectivity index (χ0) is 17.1. The molecule has 6 heteroatoms. The van der Waals surface area contributed by atoms with Gasteiger partial charge in [0.1, 0.15) is 12.3 Å². The number of rotatable bonds is 4. The van der Waals surface area contributed by atoms with Crippen LogP contribution in [0.4, 0.5) is 5.69 Å². The third-order valence-electron chi connectivity index (χ3n) is 3.96. The van der Waals surface area contributed by atoms with Gasteiger partial charge in [0.15, 0.2) is 6.10 Å². The van der Waals surface area contributed by atoms with Crippen molar-refractivity contribution < 1.29 is 14.3 Å². The molecule has 0 radical (unpaired) electrons. The Bertz CT molecular complexity index is 748.